The number of hydrogen-bond acceptors (Lipinski definition) is 3. The van der Waals surface area contributed by atoms with Crippen molar-refractivity contribution in [1.29, 1.82) is 0 Å². The van der Waals surface area contributed by atoms with Crippen LogP contribution in [0.15, 0.2) is 48.5 Å². The Labute approximate surface area is 164 Å². The number of nitrogens with two attached hydrogens (primary N) is 1. The van der Waals surface area contributed by atoms with Crippen molar-refractivity contribution in [2.24, 2.45) is 5.73 Å². The predicted molar refractivity (Wildman–Crippen MR) is 108 cm³/mol. The Balaban J connectivity index is 2.08. The summed E-state index contributed by atoms with van der Waals surface area (Å²) in [6.45, 7) is 5.35. The molecule has 2 amide bonds. The number of amides is 2. The first-order chi connectivity index (χ1) is 12.6. The van der Waals surface area contributed by atoms with Crippen molar-refractivity contribution < 1.29 is 14.3 Å². The van der Waals surface area contributed by atoms with Crippen molar-refractivity contribution in [3.05, 3.63) is 59.1 Å². The van der Waals surface area contributed by atoms with E-state index in [0.29, 0.717) is 11.4 Å². The molecule has 2 aromatic rings. The Bertz CT molecular complexity index is 798. The van der Waals surface area contributed by atoms with E-state index in [0.717, 1.165) is 16.7 Å². The maximum absolute atomic E-state index is 12.0. The van der Waals surface area contributed by atoms with Gasteiger partial charge in [0.1, 0.15) is 5.60 Å². The molecule has 0 aliphatic carbocycles. The SMILES string of the molecule is CC(C)(C)OC(=O)N[C@@H](CC(N)=O)Cc1ccc(-c2cccc(Cl)c2)cc1. The third-order valence-electron chi connectivity index (χ3n) is 3.76. The summed E-state index contributed by atoms with van der Waals surface area (Å²) >= 11 is 6.04. The first kappa shape index (κ1) is 20.8. The van der Waals surface area contributed by atoms with E-state index in [-0.39, 0.29) is 6.42 Å². The van der Waals surface area contributed by atoms with Gasteiger partial charge in [0.25, 0.3) is 0 Å². The molecule has 1 atom stereocenters. The van der Waals surface area contributed by atoms with Gasteiger partial charge in [0.2, 0.25) is 5.91 Å². The van der Waals surface area contributed by atoms with Crippen molar-refractivity contribution in [1.82, 2.24) is 5.32 Å². The van der Waals surface area contributed by atoms with E-state index in [2.05, 4.69) is 5.32 Å². The Morgan fingerprint density at radius 2 is 1.78 bits per heavy atom. The average molecular weight is 389 g/mol. The molecule has 0 fully saturated rings. The van der Waals surface area contributed by atoms with Gasteiger partial charge in [-0.25, -0.2) is 4.79 Å². The fraction of sp³-hybridized carbons (Fsp3) is 0.333. The molecule has 0 aromatic heterocycles. The fourth-order valence-electron chi connectivity index (χ4n) is 2.68. The Morgan fingerprint density at radius 3 is 2.33 bits per heavy atom. The van der Waals surface area contributed by atoms with Crippen molar-refractivity contribution >= 4 is 23.6 Å². The molecule has 0 aliphatic heterocycles. The number of primary amides is 1. The van der Waals surface area contributed by atoms with Crippen molar-refractivity contribution in [3.63, 3.8) is 0 Å². The van der Waals surface area contributed by atoms with E-state index < -0.39 is 23.6 Å². The topological polar surface area (TPSA) is 81.4 Å². The van der Waals surface area contributed by atoms with E-state index in [4.69, 9.17) is 22.1 Å². The van der Waals surface area contributed by atoms with Crippen LogP contribution in [0.25, 0.3) is 11.1 Å². The van der Waals surface area contributed by atoms with E-state index in [9.17, 15) is 9.59 Å². The zero-order valence-electron chi connectivity index (χ0n) is 15.8. The quantitative estimate of drug-likeness (QED) is 0.773. The largest absolute Gasteiger partial charge is 0.444 e. The number of carbonyl (C=O) groups is 2. The fourth-order valence-corrected chi connectivity index (χ4v) is 2.87. The highest BCUT2D eigenvalue weighted by Gasteiger charge is 2.21. The molecule has 144 valence electrons. The van der Waals surface area contributed by atoms with Gasteiger partial charge in [-0.05, 0) is 56.0 Å². The number of nitrogens with one attached hydrogen (secondary N) is 1. The highest BCUT2D eigenvalue weighted by molar-refractivity contribution is 6.30. The van der Waals surface area contributed by atoms with E-state index in [1.54, 1.807) is 20.8 Å². The normalized spacial score (nSPS) is 12.3. The van der Waals surface area contributed by atoms with Crippen molar-refractivity contribution in [2.75, 3.05) is 0 Å². The van der Waals surface area contributed by atoms with Crippen LogP contribution in [0.4, 0.5) is 4.79 Å². The molecule has 0 saturated heterocycles. The lowest BCUT2D eigenvalue weighted by atomic mass is 9.99. The number of alkyl carbamates (subject to hydrolysis) is 1. The van der Waals surface area contributed by atoms with Crippen LogP contribution in [0.3, 0.4) is 0 Å². The van der Waals surface area contributed by atoms with E-state index >= 15 is 0 Å². The molecule has 0 spiro atoms. The minimum atomic E-state index is -0.611. The summed E-state index contributed by atoms with van der Waals surface area (Å²) in [6, 6.07) is 15.1. The number of carbonyl (C=O) groups excluding carboxylic acids is 2. The molecular weight excluding hydrogens is 364 g/mol. The zero-order valence-corrected chi connectivity index (χ0v) is 16.5. The molecule has 5 nitrogen and oxygen atoms in total. The first-order valence-corrected chi connectivity index (χ1v) is 9.13. The maximum Gasteiger partial charge on any atom is 0.407 e. The van der Waals surface area contributed by atoms with Crippen LogP contribution in [-0.4, -0.2) is 23.6 Å². The van der Waals surface area contributed by atoms with Crippen LogP contribution in [0, 0.1) is 0 Å². The van der Waals surface area contributed by atoms with E-state index in [1.165, 1.54) is 0 Å². The smallest absolute Gasteiger partial charge is 0.407 e. The molecule has 0 aliphatic rings. The number of benzene rings is 2. The molecule has 2 aromatic carbocycles. The Morgan fingerprint density at radius 1 is 1.11 bits per heavy atom. The zero-order chi connectivity index (χ0) is 20.0. The number of rotatable bonds is 6. The predicted octanol–water partition coefficient (Wildman–Crippen LogP) is 4.32. The average Bonchev–Trinajstić information content (AvgIpc) is 2.53. The second kappa shape index (κ2) is 8.91. The van der Waals surface area contributed by atoms with Crippen LogP contribution in [0.1, 0.15) is 32.8 Å². The number of halogens is 1. The second-order valence-electron chi connectivity index (χ2n) is 7.42. The van der Waals surface area contributed by atoms with Gasteiger partial charge in [-0.3, -0.25) is 4.79 Å². The monoisotopic (exact) mass is 388 g/mol. The van der Waals surface area contributed by atoms with Gasteiger partial charge < -0.3 is 15.8 Å². The summed E-state index contributed by atoms with van der Waals surface area (Å²) < 4.78 is 5.26. The molecule has 27 heavy (non-hydrogen) atoms. The summed E-state index contributed by atoms with van der Waals surface area (Å²) in [5.74, 6) is -0.480. The van der Waals surface area contributed by atoms with Gasteiger partial charge in [0.15, 0.2) is 0 Å². The highest BCUT2D eigenvalue weighted by atomic mass is 35.5. The summed E-state index contributed by atoms with van der Waals surface area (Å²) in [7, 11) is 0. The third kappa shape index (κ3) is 7.31. The van der Waals surface area contributed by atoms with Gasteiger partial charge >= 0.3 is 6.09 Å². The van der Waals surface area contributed by atoms with Gasteiger partial charge in [-0.15, -0.1) is 0 Å². The first-order valence-electron chi connectivity index (χ1n) is 8.75. The summed E-state index contributed by atoms with van der Waals surface area (Å²) in [6.07, 6.45) is -0.0582. The Hall–Kier alpha value is -2.53. The molecule has 0 heterocycles. The standard InChI is InChI=1S/C21H25ClN2O3/c1-21(2,3)27-20(26)24-18(13-19(23)25)11-14-7-9-15(10-8-14)16-5-4-6-17(22)12-16/h4-10,12,18H,11,13H2,1-3H3,(H2,23,25)(H,24,26)/t18-/m1/s1. The van der Waals surface area contributed by atoms with Gasteiger partial charge in [-0.1, -0.05) is 48.0 Å². The number of hydrogen-bond donors (Lipinski definition) is 2. The van der Waals surface area contributed by atoms with Gasteiger partial charge in [-0.2, -0.15) is 0 Å². The van der Waals surface area contributed by atoms with Gasteiger partial charge in [0, 0.05) is 17.5 Å². The van der Waals surface area contributed by atoms with Crippen LogP contribution in [0.2, 0.25) is 5.02 Å². The van der Waals surface area contributed by atoms with Crippen molar-refractivity contribution in [2.45, 2.75) is 45.3 Å². The molecular formula is C21H25ClN2O3. The van der Waals surface area contributed by atoms with Gasteiger partial charge in [0.05, 0.1) is 0 Å². The lowest BCUT2D eigenvalue weighted by Crippen LogP contribution is -2.42. The second-order valence-corrected chi connectivity index (χ2v) is 7.86. The minimum Gasteiger partial charge on any atom is -0.444 e. The lowest BCUT2D eigenvalue weighted by Gasteiger charge is -2.23. The van der Waals surface area contributed by atoms with Crippen LogP contribution in [-0.2, 0) is 16.0 Å². The lowest BCUT2D eigenvalue weighted by molar-refractivity contribution is -0.118. The van der Waals surface area contributed by atoms with Crippen molar-refractivity contribution in [3.8, 4) is 11.1 Å². The third-order valence-corrected chi connectivity index (χ3v) is 4.00. The molecule has 2 rings (SSSR count). The van der Waals surface area contributed by atoms with Crippen LogP contribution < -0.4 is 11.1 Å². The van der Waals surface area contributed by atoms with Crippen LogP contribution in [0.5, 0.6) is 0 Å². The summed E-state index contributed by atoms with van der Waals surface area (Å²) in [4.78, 5) is 23.4. The highest BCUT2D eigenvalue weighted by Crippen LogP contribution is 2.23. The molecule has 6 heteroatoms. The summed E-state index contributed by atoms with van der Waals surface area (Å²) in [5.41, 5.74) is 7.74. The van der Waals surface area contributed by atoms with E-state index in [1.807, 2.05) is 48.5 Å². The molecule has 0 saturated carbocycles. The molecule has 0 radical (unpaired) electrons. The molecule has 0 unspecified atom stereocenters. The minimum absolute atomic E-state index is 0.0370. The molecule has 0 bridgehead atoms. The van der Waals surface area contributed by atoms with Crippen LogP contribution >= 0.6 is 11.6 Å². The molecule has 3 N–H and O–H groups in total. The summed E-state index contributed by atoms with van der Waals surface area (Å²) in [5, 5.41) is 3.41. The maximum atomic E-state index is 12.0. The Kier molecular flexibility index (Phi) is 6.86. The number of ether oxygens (including phenoxy) is 1.